The van der Waals surface area contributed by atoms with Crippen LogP contribution in [0.5, 0.6) is 0 Å². The highest BCUT2D eigenvalue weighted by molar-refractivity contribution is 9.10. The van der Waals surface area contributed by atoms with Gasteiger partial charge in [0.1, 0.15) is 6.33 Å². The van der Waals surface area contributed by atoms with Gasteiger partial charge in [0.15, 0.2) is 5.95 Å². The minimum Gasteiger partial charge on any atom is -0.275 e. The van der Waals surface area contributed by atoms with Gasteiger partial charge in [0, 0.05) is 4.47 Å². The van der Waals surface area contributed by atoms with Gasteiger partial charge in [-0.2, -0.15) is 4.39 Å². The summed E-state index contributed by atoms with van der Waals surface area (Å²) in [6.07, 6.45) is 2.98. The molecule has 0 aliphatic carbocycles. The quantitative estimate of drug-likeness (QED) is 0.668. The zero-order valence-corrected chi connectivity index (χ0v) is 11.5. The van der Waals surface area contributed by atoms with E-state index in [1.54, 1.807) is 0 Å². The van der Waals surface area contributed by atoms with E-state index in [4.69, 9.17) is 0 Å². The summed E-state index contributed by atoms with van der Waals surface area (Å²) in [5, 5.41) is 0. The second-order valence-corrected chi connectivity index (χ2v) is 5.04. The van der Waals surface area contributed by atoms with Crippen molar-refractivity contribution in [2.45, 2.75) is 0 Å². The molecule has 19 heavy (non-hydrogen) atoms. The van der Waals surface area contributed by atoms with Crippen LogP contribution in [0, 0.1) is 0 Å². The lowest BCUT2D eigenvalue weighted by Crippen LogP contribution is -1.89. The minimum atomic E-state index is -0.351. The Morgan fingerprint density at radius 2 is 1.84 bits per heavy atom. The number of para-hydroxylation sites is 2. The summed E-state index contributed by atoms with van der Waals surface area (Å²) in [6.45, 7) is 0. The van der Waals surface area contributed by atoms with E-state index in [0.717, 1.165) is 21.1 Å². The van der Waals surface area contributed by atoms with Crippen molar-refractivity contribution in [1.82, 2.24) is 9.55 Å². The van der Waals surface area contributed by atoms with E-state index >= 15 is 0 Å². The highest BCUT2D eigenvalue weighted by Gasteiger charge is 2.05. The zero-order valence-electron chi connectivity index (χ0n) is 9.92. The topological polar surface area (TPSA) is 17.8 Å². The number of hydrogen-bond donors (Lipinski definition) is 0. The van der Waals surface area contributed by atoms with Crippen molar-refractivity contribution >= 4 is 39.0 Å². The number of hydrogen-bond acceptors (Lipinski definition) is 1. The molecule has 0 aliphatic heterocycles. The van der Waals surface area contributed by atoms with Crippen LogP contribution in [0.3, 0.4) is 0 Å². The molecule has 0 bridgehead atoms. The maximum Gasteiger partial charge on any atom is 0.200 e. The van der Waals surface area contributed by atoms with Crippen LogP contribution in [-0.2, 0) is 0 Å². The summed E-state index contributed by atoms with van der Waals surface area (Å²) in [5.74, 6) is -0.351. The van der Waals surface area contributed by atoms with Gasteiger partial charge in [-0.15, -0.1) is 0 Å². The fourth-order valence-corrected chi connectivity index (χ4v) is 2.16. The third-order valence-electron chi connectivity index (χ3n) is 2.84. The summed E-state index contributed by atoms with van der Waals surface area (Å²) >= 11 is 3.35. The maximum absolute atomic E-state index is 14.3. The molecule has 0 spiro atoms. The molecule has 0 fully saturated rings. The molecule has 0 atom stereocenters. The number of imidazole rings is 1. The molecule has 1 aromatic heterocycles. The summed E-state index contributed by atoms with van der Waals surface area (Å²) in [6, 6.07) is 14.9. The van der Waals surface area contributed by atoms with Gasteiger partial charge < -0.3 is 0 Å². The first-order valence-electron chi connectivity index (χ1n) is 5.79. The molecule has 0 saturated heterocycles. The molecule has 0 amide bonds. The maximum atomic E-state index is 14.3. The van der Waals surface area contributed by atoms with Gasteiger partial charge in [0.2, 0.25) is 0 Å². The number of rotatable bonds is 2. The monoisotopic (exact) mass is 316 g/mol. The summed E-state index contributed by atoms with van der Waals surface area (Å²) in [5.41, 5.74) is 2.34. The SMILES string of the molecule is F/C(=C/c1ccc(Br)cc1)n1cnc2ccccc21. The smallest absolute Gasteiger partial charge is 0.200 e. The van der Waals surface area contributed by atoms with Crippen molar-refractivity contribution in [2.75, 3.05) is 0 Å². The summed E-state index contributed by atoms with van der Waals surface area (Å²) in [4.78, 5) is 4.17. The van der Waals surface area contributed by atoms with Crippen molar-refractivity contribution in [3.63, 3.8) is 0 Å². The van der Waals surface area contributed by atoms with Crippen LogP contribution in [0.1, 0.15) is 5.56 Å². The molecule has 0 saturated carbocycles. The number of halogens is 2. The van der Waals surface area contributed by atoms with Crippen LogP contribution < -0.4 is 0 Å². The molecule has 3 rings (SSSR count). The fraction of sp³-hybridized carbons (Fsp3) is 0. The van der Waals surface area contributed by atoms with Crippen LogP contribution in [0.15, 0.2) is 59.3 Å². The van der Waals surface area contributed by atoms with Gasteiger partial charge in [-0.3, -0.25) is 4.57 Å². The molecule has 94 valence electrons. The van der Waals surface area contributed by atoms with Crippen molar-refractivity contribution in [1.29, 1.82) is 0 Å². The number of fused-ring (bicyclic) bond motifs is 1. The van der Waals surface area contributed by atoms with Gasteiger partial charge in [0.05, 0.1) is 11.0 Å². The Kier molecular flexibility index (Phi) is 3.17. The first-order chi connectivity index (χ1) is 9.24. The average Bonchev–Trinajstić information content (AvgIpc) is 2.85. The van der Waals surface area contributed by atoms with Gasteiger partial charge in [0.25, 0.3) is 0 Å². The van der Waals surface area contributed by atoms with E-state index in [9.17, 15) is 4.39 Å². The Morgan fingerprint density at radius 3 is 2.63 bits per heavy atom. The first kappa shape index (κ1) is 12.1. The second kappa shape index (κ2) is 4.97. The van der Waals surface area contributed by atoms with Crippen molar-refractivity contribution in [2.24, 2.45) is 0 Å². The third-order valence-corrected chi connectivity index (χ3v) is 3.37. The van der Waals surface area contributed by atoms with Gasteiger partial charge in [-0.25, -0.2) is 4.98 Å². The predicted molar refractivity (Wildman–Crippen MR) is 79.2 cm³/mol. The molecule has 3 aromatic rings. The van der Waals surface area contributed by atoms with E-state index in [1.165, 1.54) is 17.0 Å². The predicted octanol–water partition coefficient (Wildman–Crippen LogP) is 4.72. The second-order valence-electron chi connectivity index (χ2n) is 4.12. The lowest BCUT2D eigenvalue weighted by molar-refractivity contribution is 0.700. The van der Waals surface area contributed by atoms with Crippen molar-refractivity contribution < 1.29 is 4.39 Å². The number of benzene rings is 2. The van der Waals surface area contributed by atoms with E-state index in [0.29, 0.717) is 0 Å². The summed E-state index contributed by atoms with van der Waals surface area (Å²) in [7, 11) is 0. The van der Waals surface area contributed by atoms with Crippen molar-refractivity contribution in [3.8, 4) is 0 Å². The molecule has 0 unspecified atom stereocenters. The zero-order chi connectivity index (χ0) is 13.2. The Balaban J connectivity index is 2.03. The molecular weight excluding hydrogens is 307 g/mol. The first-order valence-corrected chi connectivity index (χ1v) is 6.58. The molecule has 0 radical (unpaired) electrons. The van der Waals surface area contributed by atoms with Crippen LogP contribution in [0.2, 0.25) is 0 Å². The minimum absolute atomic E-state index is 0.351. The van der Waals surface area contributed by atoms with Gasteiger partial charge in [-0.05, 0) is 35.9 Å². The Labute approximate surface area is 118 Å². The molecule has 1 heterocycles. The third kappa shape index (κ3) is 2.44. The van der Waals surface area contributed by atoms with Gasteiger partial charge in [-0.1, -0.05) is 40.2 Å². The molecule has 2 nitrogen and oxygen atoms in total. The molecule has 0 N–H and O–H groups in total. The highest BCUT2D eigenvalue weighted by atomic mass is 79.9. The number of nitrogens with zero attached hydrogens (tertiary/aromatic N) is 2. The van der Waals surface area contributed by atoms with Crippen LogP contribution >= 0.6 is 15.9 Å². The highest BCUT2D eigenvalue weighted by Crippen LogP contribution is 2.20. The Bertz CT molecular complexity index is 744. The Hall–Kier alpha value is -1.94. The standard InChI is InChI=1S/C15H10BrFN2/c16-12-7-5-11(6-8-12)9-15(17)19-10-18-13-3-1-2-4-14(13)19/h1-10H/b15-9-. The van der Waals surface area contributed by atoms with E-state index < -0.39 is 0 Å². The van der Waals surface area contributed by atoms with Crippen LogP contribution in [0.4, 0.5) is 4.39 Å². The molecule has 0 aliphatic rings. The lowest BCUT2D eigenvalue weighted by Gasteiger charge is -2.01. The average molecular weight is 317 g/mol. The largest absolute Gasteiger partial charge is 0.275 e. The van der Waals surface area contributed by atoms with E-state index in [-0.39, 0.29) is 5.95 Å². The van der Waals surface area contributed by atoms with Crippen LogP contribution in [0.25, 0.3) is 23.1 Å². The van der Waals surface area contributed by atoms with E-state index in [2.05, 4.69) is 20.9 Å². The Morgan fingerprint density at radius 1 is 1.11 bits per heavy atom. The fourth-order valence-electron chi connectivity index (χ4n) is 1.90. The molecular formula is C15H10BrFN2. The molecule has 4 heteroatoms. The van der Waals surface area contributed by atoms with Crippen LogP contribution in [-0.4, -0.2) is 9.55 Å². The lowest BCUT2D eigenvalue weighted by atomic mass is 10.2. The molecule has 2 aromatic carbocycles. The normalized spacial score (nSPS) is 12.0. The van der Waals surface area contributed by atoms with Crippen molar-refractivity contribution in [3.05, 3.63) is 64.9 Å². The summed E-state index contributed by atoms with van der Waals surface area (Å²) < 4.78 is 16.7. The van der Waals surface area contributed by atoms with Gasteiger partial charge >= 0.3 is 0 Å². The number of aromatic nitrogens is 2. The van der Waals surface area contributed by atoms with E-state index in [1.807, 2.05) is 48.5 Å².